The van der Waals surface area contributed by atoms with Crippen molar-refractivity contribution in [1.82, 2.24) is 5.32 Å². The first-order chi connectivity index (χ1) is 10.7. The van der Waals surface area contributed by atoms with Crippen LogP contribution < -0.4 is 5.32 Å². The second-order valence-electron chi connectivity index (χ2n) is 5.08. The lowest BCUT2D eigenvalue weighted by Gasteiger charge is -2.08. The van der Waals surface area contributed by atoms with Crippen molar-refractivity contribution in [3.63, 3.8) is 0 Å². The van der Waals surface area contributed by atoms with Gasteiger partial charge in [-0.25, -0.2) is 0 Å². The number of nitrogens with one attached hydrogen (secondary N) is 1. The van der Waals surface area contributed by atoms with Crippen molar-refractivity contribution in [1.29, 1.82) is 0 Å². The summed E-state index contributed by atoms with van der Waals surface area (Å²) in [6.07, 6.45) is 1.74. The van der Waals surface area contributed by atoms with Gasteiger partial charge in [0.15, 0.2) is 5.76 Å². The Bertz CT molecular complexity index is 975. The van der Waals surface area contributed by atoms with Gasteiger partial charge in [-0.1, -0.05) is 48.5 Å². The molecule has 0 aliphatic carbocycles. The summed E-state index contributed by atoms with van der Waals surface area (Å²) in [5.74, 6) is -0.0762. The number of thiocarbonyl (C=S) groups is 1. The molecule has 1 aliphatic rings. The van der Waals surface area contributed by atoms with Gasteiger partial charge in [-0.05, 0) is 51.5 Å². The molecule has 0 bridgehead atoms. The largest absolute Gasteiger partial charge is 0.426 e. The maximum atomic E-state index is 11.8. The van der Waals surface area contributed by atoms with Crippen molar-refractivity contribution in [3.8, 4) is 0 Å². The minimum absolute atomic E-state index is 0.0985. The van der Waals surface area contributed by atoms with Crippen molar-refractivity contribution in [2.45, 2.75) is 0 Å². The van der Waals surface area contributed by atoms with E-state index in [2.05, 4.69) is 29.6 Å². The minimum Gasteiger partial charge on any atom is -0.426 e. The summed E-state index contributed by atoms with van der Waals surface area (Å²) in [5, 5.41) is 7.10. The van der Waals surface area contributed by atoms with E-state index in [0.717, 1.165) is 21.7 Å². The summed E-state index contributed by atoms with van der Waals surface area (Å²) in [7, 11) is 0. The Kier molecular flexibility index (Phi) is 2.91. The standard InChI is InChI=1S/C18H11NO2S/c20-17-16(21-18(22)19-17)10-12-9-11-5-1-2-6-13(11)15-8-4-3-7-14(12)15/h1-10H,(H,19,20,22). The fourth-order valence-electron chi connectivity index (χ4n) is 2.76. The SMILES string of the molecule is O=C1NC(=S)OC1=Cc1cc2ccccc2c2ccccc12. The molecule has 0 aromatic heterocycles. The van der Waals surface area contributed by atoms with Crippen LogP contribution in [-0.2, 0) is 9.53 Å². The minimum atomic E-state index is -0.303. The summed E-state index contributed by atoms with van der Waals surface area (Å²) in [5.41, 5.74) is 0.934. The van der Waals surface area contributed by atoms with Gasteiger partial charge in [0.1, 0.15) is 0 Å². The Morgan fingerprint density at radius 2 is 1.64 bits per heavy atom. The number of benzene rings is 3. The molecule has 1 amide bonds. The molecule has 1 saturated heterocycles. The van der Waals surface area contributed by atoms with Crippen molar-refractivity contribution in [3.05, 3.63) is 65.9 Å². The van der Waals surface area contributed by atoms with Crippen LogP contribution in [0.5, 0.6) is 0 Å². The summed E-state index contributed by atoms with van der Waals surface area (Å²) in [6, 6.07) is 18.4. The zero-order chi connectivity index (χ0) is 15.1. The van der Waals surface area contributed by atoms with Crippen LogP contribution in [-0.4, -0.2) is 11.1 Å². The molecule has 1 fully saturated rings. The summed E-state index contributed by atoms with van der Waals surface area (Å²) < 4.78 is 5.27. The Labute approximate surface area is 132 Å². The highest BCUT2D eigenvalue weighted by molar-refractivity contribution is 7.80. The van der Waals surface area contributed by atoms with E-state index in [0.29, 0.717) is 0 Å². The van der Waals surface area contributed by atoms with E-state index in [4.69, 9.17) is 17.0 Å². The molecule has 1 heterocycles. The van der Waals surface area contributed by atoms with Gasteiger partial charge < -0.3 is 4.74 Å². The summed E-state index contributed by atoms with van der Waals surface area (Å²) in [6.45, 7) is 0. The number of hydrogen-bond acceptors (Lipinski definition) is 3. The Morgan fingerprint density at radius 3 is 2.36 bits per heavy atom. The molecule has 0 radical (unpaired) electrons. The molecule has 0 spiro atoms. The van der Waals surface area contributed by atoms with Gasteiger partial charge in [-0.15, -0.1) is 0 Å². The second kappa shape index (κ2) is 4.93. The highest BCUT2D eigenvalue weighted by atomic mass is 32.1. The molecule has 3 aromatic carbocycles. The maximum absolute atomic E-state index is 11.8. The first-order valence-electron chi connectivity index (χ1n) is 6.88. The molecule has 3 nitrogen and oxygen atoms in total. The predicted octanol–water partition coefficient (Wildman–Crippen LogP) is 3.77. The van der Waals surface area contributed by atoms with Gasteiger partial charge in [0.25, 0.3) is 11.1 Å². The molecule has 1 N–H and O–H groups in total. The summed E-state index contributed by atoms with van der Waals surface area (Å²) in [4.78, 5) is 11.8. The average molecular weight is 305 g/mol. The third-order valence-corrected chi connectivity index (χ3v) is 3.91. The quantitative estimate of drug-likeness (QED) is 0.422. The Hall–Kier alpha value is -2.72. The number of rotatable bonds is 1. The summed E-state index contributed by atoms with van der Waals surface area (Å²) >= 11 is 4.87. The fourth-order valence-corrected chi connectivity index (χ4v) is 2.95. The van der Waals surface area contributed by atoms with E-state index in [9.17, 15) is 4.79 Å². The van der Waals surface area contributed by atoms with E-state index in [1.165, 1.54) is 5.39 Å². The lowest BCUT2D eigenvalue weighted by atomic mass is 9.97. The highest BCUT2D eigenvalue weighted by Gasteiger charge is 2.23. The number of carbonyl (C=O) groups excluding carboxylic acids is 1. The number of carbonyl (C=O) groups is 1. The molecule has 0 atom stereocenters. The van der Waals surface area contributed by atoms with Crippen LogP contribution in [0.3, 0.4) is 0 Å². The van der Waals surface area contributed by atoms with E-state index >= 15 is 0 Å². The number of amides is 1. The van der Waals surface area contributed by atoms with Gasteiger partial charge >= 0.3 is 0 Å². The zero-order valence-electron chi connectivity index (χ0n) is 11.5. The lowest BCUT2D eigenvalue weighted by Crippen LogP contribution is -2.18. The van der Waals surface area contributed by atoms with E-state index < -0.39 is 0 Å². The van der Waals surface area contributed by atoms with E-state index in [1.807, 2.05) is 30.3 Å². The van der Waals surface area contributed by atoms with Crippen LogP contribution in [0.1, 0.15) is 5.56 Å². The van der Waals surface area contributed by atoms with Crippen molar-refractivity contribution in [2.75, 3.05) is 0 Å². The molecular weight excluding hydrogens is 294 g/mol. The highest BCUT2D eigenvalue weighted by Crippen LogP contribution is 2.30. The fraction of sp³-hybridized carbons (Fsp3) is 0. The molecule has 3 aromatic rings. The zero-order valence-corrected chi connectivity index (χ0v) is 12.3. The van der Waals surface area contributed by atoms with Crippen molar-refractivity contribution >= 4 is 50.9 Å². The molecule has 0 saturated carbocycles. The van der Waals surface area contributed by atoms with Crippen LogP contribution in [0.4, 0.5) is 0 Å². The van der Waals surface area contributed by atoms with Gasteiger partial charge in [0.05, 0.1) is 0 Å². The third-order valence-electron chi connectivity index (χ3n) is 3.73. The maximum Gasteiger partial charge on any atom is 0.294 e. The number of hydrogen-bond donors (Lipinski definition) is 1. The molecular formula is C18H11NO2S. The monoisotopic (exact) mass is 305 g/mol. The normalized spacial score (nSPS) is 16.3. The topological polar surface area (TPSA) is 38.3 Å². The predicted molar refractivity (Wildman–Crippen MR) is 91.3 cm³/mol. The van der Waals surface area contributed by atoms with Gasteiger partial charge in [-0.2, -0.15) is 0 Å². The molecule has 4 heteroatoms. The van der Waals surface area contributed by atoms with Crippen molar-refractivity contribution in [2.24, 2.45) is 0 Å². The van der Waals surface area contributed by atoms with Crippen molar-refractivity contribution < 1.29 is 9.53 Å². The molecule has 106 valence electrons. The van der Waals surface area contributed by atoms with E-state index in [-0.39, 0.29) is 16.8 Å². The average Bonchev–Trinajstić information content (AvgIpc) is 2.85. The molecule has 0 unspecified atom stereocenters. The second-order valence-corrected chi connectivity index (χ2v) is 5.46. The lowest BCUT2D eigenvalue weighted by molar-refractivity contribution is -0.116. The molecule has 22 heavy (non-hydrogen) atoms. The van der Waals surface area contributed by atoms with Crippen LogP contribution in [0.25, 0.3) is 27.6 Å². The number of ether oxygens (including phenoxy) is 1. The Balaban J connectivity index is 2.02. The van der Waals surface area contributed by atoms with Crippen LogP contribution in [0.2, 0.25) is 0 Å². The number of fused-ring (bicyclic) bond motifs is 3. The van der Waals surface area contributed by atoms with E-state index in [1.54, 1.807) is 6.08 Å². The van der Waals surface area contributed by atoms with Crippen LogP contribution >= 0.6 is 12.2 Å². The van der Waals surface area contributed by atoms with Gasteiger partial charge in [0, 0.05) is 0 Å². The van der Waals surface area contributed by atoms with Gasteiger partial charge in [0.2, 0.25) is 0 Å². The van der Waals surface area contributed by atoms with Gasteiger partial charge in [-0.3, -0.25) is 10.1 Å². The smallest absolute Gasteiger partial charge is 0.294 e. The van der Waals surface area contributed by atoms with Crippen LogP contribution in [0.15, 0.2) is 60.4 Å². The Morgan fingerprint density at radius 1 is 0.955 bits per heavy atom. The molecule has 4 rings (SSSR count). The van der Waals surface area contributed by atoms with Crippen LogP contribution in [0, 0.1) is 0 Å². The molecule has 1 aliphatic heterocycles. The first kappa shape index (κ1) is 13.0. The third kappa shape index (κ3) is 2.05. The first-order valence-corrected chi connectivity index (χ1v) is 7.28.